The number of carbonyl (C=O) groups is 1. The van der Waals surface area contributed by atoms with Crippen molar-refractivity contribution in [2.75, 3.05) is 29.8 Å². The Bertz CT molecular complexity index is 1080. The molecule has 1 aromatic carbocycles. The highest BCUT2D eigenvalue weighted by atomic mass is 35.5. The number of benzene rings is 1. The van der Waals surface area contributed by atoms with Crippen molar-refractivity contribution >= 4 is 58.0 Å². The highest BCUT2D eigenvalue weighted by Gasteiger charge is 2.36. The summed E-state index contributed by atoms with van der Waals surface area (Å²) in [4.78, 5) is 29.1. The minimum Gasteiger partial charge on any atom is -0.495 e. The molecule has 0 unspecified atom stereocenters. The molecule has 0 atom stereocenters. The molecule has 2 aromatic heterocycles. The van der Waals surface area contributed by atoms with Gasteiger partial charge in [-0.1, -0.05) is 23.2 Å². The summed E-state index contributed by atoms with van der Waals surface area (Å²) < 4.78 is 10.7. The van der Waals surface area contributed by atoms with Gasteiger partial charge in [0, 0.05) is 29.4 Å². The number of ether oxygens (including phenoxy) is 2. The molecule has 3 aromatic rings. The molecule has 0 saturated carbocycles. The van der Waals surface area contributed by atoms with E-state index in [4.69, 9.17) is 38.4 Å². The summed E-state index contributed by atoms with van der Waals surface area (Å²) in [5.41, 5.74) is 6.72. The van der Waals surface area contributed by atoms with Crippen molar-refractivity contribution < 1.29 is 14.3 Å². The molecule has 9 nitrogen and oxygen atoms in total. The molecule has 12 heteroatoms. The number of urea groups is 1. The van der Waals surface area contributed by atoms with Crippen LogP contribution in [0.4, 0.5) is 22.2 Å². The van der Waals surface area contributed by atoms with Crippen LogP contribution in [-0.4, -0.2) is 35.2 Å². The van der Waals surface area contributed by atoms with Crippen molar-refractivity contribution in [1.29, 1.82) is 0 Å². The molecule has 0 saturated heterocycles. The van der Waals surface area contributed by atoms with Gasteiger partial charge in [0.15, 0.2) is 0 Å². The molecule has 0 fully saturated rings. The molecule has 3 heterocycles. The fourth-order valence-corrected chi connectivity index (χ4v) is 4.43. The van der Waals surface area contributed by atoms with Crippen LogP contribution in [0.15, 0.2) is 23.8 Å². The second kappa shape index (κ2) is 8.13. The third-order valence-corrected chi connectivity index (χ3v) is 6.00. The SMILES string of the molecule is COc1cc(OC)c(Cl)c(N2Cc3cnc(N)nc3N(Cc3nccs3)C2=O)c1Cl. The Morgan fingerprint density at radius 2 is 1.90 bits per heavy atom. The number of methoxy groups -OCH3 is 2. The van der Waals surface area contributed by atoms with Crippen LogP contribution in [0, 0.1) is 0 Å². The largest absolute Gasteiger partial charge is 0.495 e. The number of aromatic nitrogens is 3. The summed E-state index contributed by atoms with van der Waals surface area (Å²) in [5.74, 6) is 1.14. The van der Waals surface area contributed by atoms with Crippen molar-refractivity contribution in [3.05, 3.63) is 44.5 Å². The first kappa shape index (κ1) is 20.5. The second-order valence-corrected chi connectivity index (χ2v) is 7.95. The van der Waals surface area contributed by atoms with Crippen molar-refractivity contribution in [2.45, 2.75) is 13.1 Å². The van der Waals surface area contributed by atoms with E-state index in [9.17, 15) is 4.79 Å². The fourth-order valence-electron chi connectivity index (χ4n) is 3.12. The van der Waals surface area contributed by atoms with E-state index in [0.717, 1.165) is 5.01 Å². The van der Waals surface area contributed by atoms with E-state index in [-0.39, 0.29) is 34.8 Å². The van der Waals surface area contributed by atoms with E-state index in [1.807, 2.05) is 5.38 Å². The lowest BCUT2D eigenvalue weighted by atomic mass is 10.1. The van der Waals surface area contributed by atoms with Gasteiger partial charge < -0.3 is 15.2 Å². The monoisotopic (exact) mass is 466 g/mol. The van der Waals surface area contributed by atoms with Gasteiger partial charge in [0.1, 0.15) is 32.4 Å². The first-order valence-corrected chi connectivity index (χ1v) is 10.3. The number of nitrogens with zero attached hydrogens (tertiary/aromatic N) is 5. The summed E-state index contributed by atoms with van der Waals surface area (Å²) in [5, 5.41) is 2.93. The number of carbonyl (C=O) groups excluding carboxylic acids is 1. The Morgan fingerprint density at radius 3 is 2.50 bits per heavy atom. The zero-order valence-electron chi connectivity index (χ0n) is 15.9. The van der Waals surface area contributed by atoms with Crippen molar-refractivity contribution in [1.82, 2.24) is 15.0 Å². The summed E-state index contributed by atoms with van der Waals surface area (Å²) in [6.45, 7) is 0.339. The van der Waals surface area contributed by atoms with Gasteiger partial charge in [-0.25, -0.2) is 14.8 Å². The molecular formula is C18H16Cl2N6O3S. The van der Waals surface area contributed by atoms with Gasteiger partial charge in [-0.3, -0.25) is 9.80 Å². The zero-order valence-corrected chi connectivity index (χ0v) is 18.3. The number of nitrogen functional groups attached to an aromatic ring is 1. The molecular weight excluding hydrogens is 451 g/mol. The zero-order chi connectivity index (χ0) is 21.4. The van der Waals surface area contributed by atoms with Crippen molar-refractivity contribution in [3.8, 4) is 11.5 Å². The first-order valence-electron chi connectivity index (χ1n) is 8.63. The smallest absolute Gasteiger partial charge is 0.330 e. The molecule has 0 spiro atoms. The lowest BCUT2D eigenvalue weighted by Gasteiger charge is -2.36. The number of halogens is 2. The third-order valence-electron chi connectivity index (χ3n) is 4.50. The Morgan fingerprint density at radius 1 is 1.20 bits per heavy atom. The fraction of sp³-hybridized carbons (Fsp3) is 0.222. The van der Waals surface area contributed by atoms with Crippen molar-refractivity contribution in [3.63, 3.8) is 0 Å². The van der Waals surface area contributed by atoms with E-state index >= 15 is 0 Å². The predicted octanol–water partition coefficient (Wildman–Crippen LogP) is 3.99. The minimum absolute atomic E-state index is 0.0678. The molecule has 1 aliphatic rings. The van der Waals surface area contributed by atoms with Crippen molar-refractivity contribution in [2.24, 2.45) is 0 Å². The second-order valence-electron chi connectivity index (χ2n) is 6.22. The molecule has 0 radical (unpaired) electrons. The number of anilines is 3. The number of hydrogen-bond donors (Lipinski definition) is 1. The molecule has 1 aliphatic heterocycles. The molecule has 0 aliphatic carbocycles. The van der Waals surface area contributed by atoms with E-state index in [2.05, 4.69) is 15.0 Å². The highest BCUT2D eigenvalue weighted by molar-refractivity contribution is 7.09. The van der Waals surface area contributed by atoms with Gasteiger partial charge >= 0.3 is 6.03 Å². The number of thiazole rings is 1. The van der Waals surface area contributed by atoms with E-state index in [1.165, 1.54) is 35.4 Å². The Balaban J connectivity index is 1.86. The van der Waals surface area contributed by atoms with Crippen LogP contribution in [-0.2, 0) is 13.1 Å². The summed E-state index contributed by atoms with van der Waals surface area (Å²) in [6.07, 6.45) is 3.24. The lowest BCUT2D eigenvalue weighted by Crippen LogP contribution is -2.47. The summed E-state index contributed by atoms with van der Waals surface area (Å²) in [6, 6.07) is 1.17. The molecule has 4 rings (SSSR count). The topological polar surface area (TPSA) is 107 Å². The predicted molar refractivity (Wildman–Crippen MR) is 116 cm³/mol. The van der Waals surface area contributed by atoms with Crippen LogP contribution < -0.4 is 25.0 Å². The quantitative estimate of drug-likeness (QED) is 0.605. The van der Waals surface area contributed by atoms with Crippen LogP contribution in [0.2, 0.25) is 10.0 Å². The third kappa shape index (κ3) is 3.47. The minimum atomic E-state index is -0.394. The maximum Gasteiger partial charge on any atom is 0.330 e. The number of fused-ring (bicyclic) bond motifs is 1. The Kier molecular flexibility index (Phi) is 5.54. The van der Waals surface area contributed by atoms with Crippen LogP contribution in [0.3, 0.4) is 0 Å². The molecule has 0 bridgehead atoms. The average molecular weight is 467 g/mol. The number of amides is 2. The summed E-state index contributed by atoms with van der Waals surface area (Å²) in [7, 11) is 2.94. The maximum atomic E-state index is 13.6. The molecule has 30 heavy (non-hydrogen) atoms. The Hall–Kier alpha value is -2.82. The molecule has 156 valence electrons. The summed E-state index contributed by atoms with van der Waals surface area (Å²) >= 11 is 14.5. The number of rotatable bonds is 5. The first-order chi connectivity index (χ1) is 14.4. The van der Waals surface area contributed by atoms with E-state index < -0.39 is 6.03 Å². The van der Waals surface area contributed by atoms with Crippen LogP contribution in [0.25, 0.3) is 0 Å². The molecule has 2 N–H and O–H groups in total. The van der Waals surface area contributed by atoms with Crippen LogP contribution in [0.5, 0.6) is 11.5 Å². The Labute approximate surface area is 186 Å². The van der Waals surface area contributed by atoms with E-state index in [1.54, 1.807) is 18.5 Å². The number of nitrogens with two attached hydrogens (primary N) is 1. The number of hydrogen-bond acceptors (Lipinski definition) is 8. The van der Waals surface area contributed by atoms with Gasteiger partial charge in [0.25, 0.3) is 0 Å². The molecule has 2 amide bonds. The maximum absolute atomic E-state index is 13.6. The highest BCUT2D eigenvalue weighted by Crippen LogP contribution is 2.48. The standard InChI is InChI=1S/C18H16Cl2N6O3S/c1-28-10-5-11(29-2)14(20)15(13(10)19)25-7-9-6-23-17(21)24-16(9)26(18(25)27)8-12-22-3-4-30-12/h3-6H,7-8H2,1-2H3,(H2,21,23,24). The van der Waals surface area contributed by atoms with Gasteiger partial charge in [0.2, 0.25) is 5.95 Å². The normalized spacial score (nSPS) is 13.4. The average Bonchev–Trinajstić information content (AvgIpc) is 3.25. The van der Waals surface area contributed by atoms with Crippen LogP contribution in [0.1, 0.15) is 10.6 Å². The van der Waals surface area contributed by atoms with E-state index in [0.29, 0.717) is 22.9 Å². The van der Waals surface area contributed by atoms with Gasteiger partial charge in [0.05, 0.1) is 33.0 Å². The lowest BCUT2D eigenvalue weighted by molar-refractivity contribution is 0.249. The van der Waals surface area contributed by atoms with Gasteiger partial charge in [-0.15, -0.1) is 11.3 Å². The van der Waals surface area contributed by atoms with Crippen LogP contribution >= 0.6 is 34.5 Å². The van der Waals surface area contributed by atoms with Gasteiger partial charge in [-0.05, 0) is 0 Å². The van der Waals surface area contributed by atoms with Gasteiger partial charge in [-0.2, -0.15) is 4.98 Å².